The highest BCUT2D eigenvalue weighted by Crippen LogP contribution is 2.26. The van der Waals surface area contributed by atoms with Crippen LogP contribution in [0.4, 0.5) is 0 Å². The molecule has 1 aliphatic rings. The molecule has 6 heteroatoms. The van der Waals surface area contributed by atoms with Gasteiger partial charge in [-0.2, -0.15) is 0 Å². The molecule has 0 unspecified atom stereocenters. The Morgan fingerprint density at radius 1 is 0.900 bits per heavy atom. The van der Waals surface area contributed by atoms with Crippen molar-refractivity contribution in [2.75, 3.05) is 34.4 Å². The maximum absolute atomic E-state index is 12.7. The molecule has 0 aromatic heterocycles. The van der Waals surface area contributed by atoms with Crippen LogP contribution in [0.1, 0.15) is 28.8 Å². The van der Waals surface area contributed by atoms with Crippen molar-refractivity contribution in [2.45, 2.75) is 12.8 Å². The standard InChI is InChI=1S/C24H27NO5/c1-28-20-7-4-17(5-8-20)24(27)18-12-14-25(15-13-18)23(26)11-6-19-16-21(29-2)9-10-22(19)30-3/h4-11,16,18H,12-15H2,1-3H3/b11-6+. The monoisotopic (exact) mass is 409 g/mol. The molecule has 2 aromatic rings. The van der Waals surface area contributed by atoms with Gasteiger partial charge in [0.2, 0.25) is 5.91 Å². The van der Waals surface area contributed by atoms with Gasteiger partial charge in [-0.05, 0) is 61.4 Å². The third kappa shape index (κ3) is 5.00. The van der Waals surface area contributed by atoms with Crippen LogP contribution in [-0.4, -0.2) is 51.0 Å². The molecule has 6 nitrogen and oxygen atoms in total. The summed E-state index contributed by atoms with van der Waals surface area (Å²) < 4.78 is 15.7. The van der Waals surface area contributed by atoms with Gasteiger partial charge in [-0.3, -0.25) is 9.59 Å². The first-order chi connectivity index (χ1) is 14.5. The van der Waals surface area contributed by atoms with E-state index in [4.69, 9.17) is 14.2 Å². The second kappa shape index (κ2) is 9.96. The van der Waals surface area contributed by atoms with Crippen molar-refractivity contribution >= 4 is 17.8 Å². The molecule has 0 spiro atoms. The van der Waals surface area contributed by atoms with Crippen LogP contribution >= 0.6 is 0 Å². The third-order valence-corrected chi connectivity index (χ3v) is 5.39. The summed E-state index contributed by atoms with van der Waals surface area (Å²) in [6.07, 6.45) is 4.60. The molecule has 1 fully saturated rings. The Morgan fingerprint density at radius 2 is 1.53 bits per heavy atom. The lowest BCUT2D eigenvalue weighted by atomic mass is 9.89. The van der Waals surface area contributed by atoms with Crippen LogP contribution in [0, 0.1) is 5.92 Å². The van der Waals surface area contributed by atoms with Crippen molar-refractivity contribution < 1.29 is 23.8 Å². The van der Waals surface area contributed by atoms with Gasteiger partial charge >= 0.3 is 0 Å². The summed E-state index contributed by atoms with van der Waals surface area (Å²) >= 11 is 0. The highest BCUT2D eigenvalue weighted by Gasteiger charge is 2.27. The van der Waals surface area contributed by atoms with Gasteiger partial charge in [-0.25, -0.2) is 0 Å². The molecule has 158 valence electrons. The Hall–Kier alpha value is -3.28. The first-order valence-corrected chi connectivity index (χ1v) is 9.93. The number of Topliss-reactive ketones (excluding diaryl/α,β-unsaturated/α-hetero) is 1. The number of ether oxygens (including phenoxy) is 3. The maximum atomic E-state index is 12.7. The molecule has 3 rings (SSSR count). The van der Waals surface area contributed by atoms with E-state index in [1.165, 1.54) is 0 Å². The number of ketones is 1. The highest BCUT2D eigenvalue weighted by atomic mass is 16.5. The lowest BCUT2D eigenvalue weighted by Crippen LogP contribution is -2.39. The van der Waals surface area contributed by atoms with Crippen molar-refractivity contribution in [3.8, 4) is 17.2 Å². The summed E-state index contributed by atoms with van der Waals surface area (Å²) in [5.74, 6) is 2.08. The fourth-order valence-corrected chi connectivity index (χ4v) is 3.59. The van der Waals surface area contributed by atoms with Crippen LogP contribution in [0.2, 0.25) is 0 Å². The summed E-state index contributed by atoms with van der Waals surface area (Å²) in [6.45, 7) is 1.12. The van der Waals surface area contributed by atoms with Crippen LogP contribution in [0.5, 0.6) is 17.2 Å². The molecule has 1 amide bonds. The van der Waals surface area contributed by atoms with E-state index in [9.17, 15) is 9.59 Å². The zero-order valence-corrected chi connectivity index (χ0v) is 17.6. The Bertz CT molecular complexity index is 912. The van der Waals surface area contributed by atoms with Gasteiger partial charge in [-0.15, -0.1) is 0 Å². The maximum Gasteiger partial charge on any atom is 0.246 e. The lowest BCUT2D eigenvalue weighted by molar-refractivity contribution is -0.127. The van der Waals surface area contributed by atoms with Crippen LogP contribution in [0.25, 0.3) is 6.08 Å². The molecule has 0 radical (unpaired) electrons. The average Bonchev–Trinajstić information content (AvgIpc) is 2.82. The molecular weight excluding hydrogens is 382 g/mol. The second-order valence-corrected chi connectivity index (χ2v) is 7.13. The zero-order valence-electron chi connectivity index (χ0n) is 17.6. The predicted octanol–water partition coefficient (Wildman–Crippen LogP) is 3.85. The number of carbonyl (C=O) groups is 2. The predicted molar refractivity (Wildman–Crippen MR) is 115 cm³/mol. The minimum absolute atomic E-state index is 0.0649. The molecular formula is C24H27NO5. The number of methoxy groups -OCH3 is 3. The Labute approximate surface area is 177 Å². The summed E-state index contributed by atoms with van der Waals surface area (Å²) in [7, 11) is 4.78. The Morgan fingerprint density at radius 3 is 2.13 bits per heavy atom. The molecule has 1 heterocycles. The minimum Gasteiger partial charge on any atom is -0.497 e. The SMILES string of the molecule is COc1ccc(C(=O)C2CCN(C(=O)/C=C/c3cc(OC)ccc3OC)CC2)cc1. The third-order valence-electron chi connectivity index (χ3n) is 5.39. The number of benzene rings is 2. The van der Waals surface area contributed by atoms with Crippen molar-refractivity contribution in [1.29, 1.82) is 0 Å². The number of piperidine rings is 1. The number of rotatable bonds is 7. The van der Waals surface area contributed by atoms with E-state index in [0.717, 1.165) is 11.3 Å². The average molecular weight is 409 g/mol. The summed E-state index contributed by atoms with van der Waals surface area (Å²) in [4.78, 5) is 27.1. The van der Waals surface area contributed by atoms with Crippen molar-refractivity contribution in [2.24, 2.45) is 5.92 Å². The molecule has 1 saturated heterocycles. The van der Waals surface area contributed by atoms with Crippen LogP contribution in [0.3, 0.4) is 0 Å². The number of hydrogen-bond donors (Lipinski definition) is 0. The number of carbonyl (C=O) groups excluding carboxylic acids is 2. The summed E-state index contributed by atoms with van der Waals surface area (Å²) in [5, 5.41) is 0. The lowest BCUT2D eigenvalue weighted by Gasteiger charge is -2.30. The van der Waals surface area contributed by atoms with Gasteiger partial charge in [0.1, 0.15) is 17.2 Å². The first kappa shape index (κ1) is 21.4. The molecule has 2 aromatic carbocycles. The molecule has 1 aliphatic heterocycles. The zero-order chi connectivity index (χ0) is 21.5. The van der Waals surface area contributed by atoms with E-state index in [1.54, 1.807) is 68.7 Å². The van der Waals surface area contributed by atoms with Crippen LogP contribution in [0.15, 0.2) is 48.5 Å². The van der Waals surface area contributed by atoms with Crippen molar-refractivity contribution in [3.05, 3.63) is 59.7 Å². The van der Waals surface area contributed by atoms with E-state index >= 15 is 0 Å². The quantitative estimate of drug-likeness (QED) is 0.513. The number of amides is 1. The van der Waals surface area contributed by atoms with E-state index in [-0.39, 0.29) is 17.6 Å². The first-order valence-electron chi connectivity index (χ1n) is 9.93. The Kier molecular flexibility index (Phi) is 7.12. The van der Waals surface area contributed by atoms with Crippen LogP contribution < -0.4 is 14.2 Å². The van der Waals surface area contributed by atoms with Crippen molar-refractivity contribution in [3.63, 3.8) is 0 Å². The van der Waals surface area contributed by atoms with Gasteiger partial charge in [-0.1, -0.05) is 0 Å². The smallest absolute Gasteiger partial charge is 0.246 e. The molecule has 0 saturated carbocycles. The molecule has 0 aliphatic carbocycles. The van der Waals surface area contributed by atoms with E-state index in [1.807, 2.05) is 12.1 Å². The van der Waals surface area contributed by atoms with Gasteiger partial charge in [0.25, 0.3) is 0 Å². The van der Waals surface area contributed by atoms with E-state index in [2.05, 4.69) is 0 Å². The molecule has 0 N–H and O–H groups in total. The molecule has 0 atom stereocenters. The van der Waals surface area contributed by atoms with Crippen molar-refractivity contribution in [1.82, 2.24) is 4.90 Å². The second-order valence-electron chi connectivity index (χ2n) is 7.13. The Balaban J connectivity index is 1.58. The number of hydrogen-bond acceptors (Lipinski definition) is 5. The van der Waals surface area contributed by atoms with Gasteiger partial charge in [0, 0.05) is 36.2 Å². The van der Waals surface area contributed by atoms with Crippen LogP contribution in [-0.2, 0) is 4.79 Å². The highest BCUT2D eigenvalue weighted by molar-refractivity contribution is 5.98. The number of likely N-dealkylation sites (tertiary alicyclic amines) is 1. The van der Waals surface area contributed by atoms with Gasteiger partial charge < -0.3 is 19.1 Å². The molecule has 30 heavy (non-hydrogen) atoms. The normalized spacial score (nSPS) is 14.6. The topological polar surface area (TPSA) is 65.1 Å². The fraction of sp³-hybridized carbons (Fsp3) is 0.333. The largest absolute Gasteiger partial charge is 0.497 e. The van der Waals surface area contributed by atoms with Gasteiger partial charge in [0.15, 0.2) is 5.78 Å². The van der Waals surface area contributed by atoms with Gasteiger partial charge in [0.05, 0.1) is 21.3 Å². The summed E-state index contributed by atoms with van der Waals surface area (Å²) in [5.41, 5.74) is 1.46. The fourth-order valence-electron chi connectivity index (χ4n) is 3.59. The minimum atomic E-state index is -0.0739. The summed E-state index contributed by atoms with van der Waals surface area (Å²) in [6, 6.07) is 12.6. The van der Waals surface area contributed by atoms with E-state index < -0.39 is 0 Å². The van der Waals surface area contributed by atoms with E-state index in [0.29, 0.717) is 43.0 Å². The number of nitrogens with zero attached hydrogens (tertiary/aromatic N) is 1. The molecule has 0 bridgehead atoms.